The highest BCUT2D eigenvalue weighted by Crippen LogP contribution is 2.22. The van der Waals surface area contributed by atoms with Crippen molar-refractivity contribution in [3.05, 3.63) is 59.4 Å². The van der Waals surface area contributed by atoms with Gasteiger partial charge in [0.25, 0.3) is 0 Å². The number of halogens is 1. The van der Waals surface area contributed by atoms with Crippen molar-refractivity contribution in [2.75, 3.05) is 11.6 Å². The van der Waals surface area contributed by atoms with E-state index in [1.54, 1.807) is 30.8 Å². The molecule has 0 spiro atoms. The second kappa shape index (κ2) is 8.25. The Bertz CT molecular complexity index is 898. The van der Waals surface area contributed by atoms with Gasteiger partial charge in [0.05, 0.1) is 0 Å². The Labute approximate surface area is 160 Å². The van der Waals surface area contributed by atoms with E-state index in [4.69, 9.17) is 16.1 Å². The molecule has 2 amide bonds. The first-order valence-corrected chi connectivity index (χ1v) is 9.46. The Morgan fingerprint density at radius 1 is 1.23 bits per heavy atom. The first-order chi connectivity index (χ1) is 12.5. The quantitative estimate of drug-likeness (QED) is 0.601. The number of amides is 2. The van der Waals surface area contributed by atoms with E-state index in [-0.39, 0.29) is 6.03 Å². The molecule has 2 aromatic carbocycles. The molecule has 0 saturated heterocycles. The number of nitrogens with one attached hydrogen (secondary N) is 2. The summed E-state index contributed by atoms with van der Waals surface area (Å²) in [7, 11) is 0. The molecule has 0 aliphatic rings. The molecule has 1 atom stereocenters. The summed E-state index contributed by atoms with van der Waals surface area (Å²) < 4.78 is 5.25. The highest BCUT2D eigenvalue weighted by Gasteiger charge is 2.17. The van der Waals surface area contributed by atoms with E-state index in [1.807, 2.05) is 42.7 Å². The number of benzene rings is 2. The average Bonchev–Trinajstić information content (AvgIpc) is 3.12. The fraction of sp³-hybridized carbons (Fsp3) is 0.167. The molecule has 26 heavy (non-hydrogen) atoms. The van der Waals surface area contributed by atoms with Gasteiger partial charge in [0.2, 0.25) is 11.7 Å². The summed E-state index contributed by atoms with van der Waals surface area (Å²) in [5, 5.41) is 10.1. The van der Waals surface area contributed by atoms with E-state index in [0.29, 0.717) is 22.4 Å². The highest BCUT2D eigenvalue weighted by atomic mass is 35.5. The number of aromatic nitrogens is 2. The molecule has 1 unspecified atom stereocenters. The van der Waals surface area contributed by atoms with Crippen molar-refractivity contribution in [3.63, 3.8) is 0 Å². The molecule has 6 nitrogen and oxygen atoms in total. The van der Waals surface area contributed by atoms with Crippen LogP contribution in [0.15, 0.2) is 57.9 Å². The predicted molar refractivity (Wildman–Crippen MR) is 104 cm³/mol. The minimum absolute atomic E-state index is 0.313. The SMILES string of the molecule is CSc1ccc(NC(=O)NC(C)c2nc(-c3cccc(Cl)c3)no2)cc1. The lowest BCUT2D eigenvalue weighted by Crippen LogP contribution is -2.31. The number of hydrogen-bond donors (Lipinski definition) is 2. The monoisotopic (exact) mass is 388 g/mol. The van der Waals surface area contributed by atoms with Crippen LogP contribution in [0.1, 0.15) is 18.9 Å². The summed E-state index contributed by atoms with van der Waals surface area (Å²) in [6.45, 7) is 1.77. The molecule has 0 aliphatic heterocycles. The standard InChI is InChI=1S/C18H17ClN4O2S/c1-11(20-18(24)21-14-6-8-15(26-2)9-7-14)17-22-16(23-25-17)12-4-3-5-13(19)10-12/h3-11H,1-2H3,(H2,20,21,24). The van der Waals surface area contributed by atoms with E-state index < -0.39 is 6.04 Å². The third-order valence-electron chi connectivity index (χ3n) is 3.59. The van der Waals surface area contributed by atoms with Gasteiger partial charge in [0.15, 0.2) is 0 Å². The summed E-state index contributed by atoms with van der Waals surface area (Å²) in [5.74, 6) is 0.733. The van der Waals surface area contributed by atoms with Crippen molar-refractivity contribution in [1.82, 2.24) is 15.5 Å². The van der Waals surface area contributed by atoms with E-state index in [1.165, 1.54) is 0 Å². The Morgan fingerprint density at radius 2 is 2.00 bits per heavy atom. The van der Waals surface area contributed by atoms with Gasteiger partial charge >= 0.3 is 6.03 Å². The molecule has 1 aromatic heterocycles. The molecule has 0 radical (unpaired) electrons. The molecule has 0 bridgehead atoms. The average molecular weight is 389 g/mol. The van der Waals surface area contributed by atoms with E-state index in [9.17, 15) is 4.79 Å². The molecule has 3 aromatic rings. The van der Waals surface area contributed by atoms with E-state index in [0.717, 1.165) is 10.5 Å². The molecule has 0 aliphatic carbocycles. The number of rotatable bonds is 5. The van der Waals surface area contributed by atoms with Gasteiger partial charge in [-0.25, -0.2) is 4.79 Å². The molecule has 0 fully saturated rings. The minimum Gasteiger partial charge on any atom is -0.337 e. The fourth-order valence-electron chi connectivity index (χ4n) is 2.26. The molecular formula is C18H17ClN4O2S. The maximum atomic E-state index is 12.1. The van der Waals surface area contributed by atoms with Gasteiger partial charge in [-0.2, -0.15) is 4.98 Å². The number of hydrogen-bond acceptors (Lipinski definition) is 5. The number of anilines is 1. The van der Waals surface area contributed by atoms with Crippen molar-refractivity contribution in [2.45, 2.75) is 17.9 Å². The number of nitrogens with zero attached hydrogens (tertiary/aromatic N) is 2. The lowest BCUT2D eigenvalue weighted by Gasteiger charge is -2.11. The fourth-order valence-corrected chi connectivity index (χ4v) is 2.85. The number of carbonyl (C=O) groups excluding carboxylic acids is 1. The van der Waals surface area contributed by atoms with Crippen LogP contribution in [0.25, 0.3) is 11.4 Å². The maximum absolute atomic E-state index is 12.1. The van der Waals surface area contributed by atoms with Crippen molar-refractivity contribution >= 4 is 35.1 Å². The summed E-state index contributed by atoms with van der Waals surface area (Å²) >= 11 is 7.62. The Kier molecular flexibility index (Phi) is 5.80. The first-order valence-electron chi connectivity index (χ1n) is 7.86. The Balaban J connectivity index is 1.62. The molecule has 8 heteroatoms. The van der Waals surface area contributed by atoms with Gasteiger partial charge in [0, 0.05) is 21.2 Å². The van der Waals surface area contributed by atoms with E-state index >= 15 is 0 Å². The van der Waals surface area contributed by atoms with Crippen LogP contribution in [0.4, 0.5) is 10.5 Å². The highest BCUT2D eigenvalue weighted by molar-refractivity contribution is 7.98. The lowest BCUT2D eigenvalue weighted by molar-refractivity contribution is 0.245. The predicted octanol–water partition coefficient (Wildman–Crippen LogP) is 4.99. The second-order valence-electron chi connectivity index (χ2n) is 5.52. The van der Waals surface area contributed by atoms with Crippen LogP contribution in [-0.4, -0.2) is 22.4 Å². The zero-order valence-electron chi connectivity index (χ0n) is 14.2. The van der Waals surface area contributed by atoms with Crippen LogP contribution in [-0.2, 0) is 0 Å². The van der Waals surface area contributed by atoms with Crippen LogP contribution >= 0.6 is 23.4 Å². The number of urea groups is 1. The lowest BCUT2D eigenvalue weighted by atomic mass is 10.2. The third kappa shape index (κ3) is 4.56. The zero-order valence-corrected chi connectivity index (χ0v) is 15.8. The number of thioether (sulfide) groups is 1. The van der Waals surface area contributed by atoms with Gasteiger partial charge in [-0.15, -0.1) is 11.8 Å². The van der Waals surface area contributed by atoms with Gasteiger partial charge in [-0.1, -0.05) is 28.9 Å². The smallest absolute Gasteiger partial charge is 0.319 e. The summed E-state index contributed by atoms with van der Waals surface area (Å²) in [4.78, 5) is 17.6. The van der Waals surface area contributed by atoms with Gasteiger partial charge < -0.3 is 15.2 Å². The topological polar surface area (TPSA) is 80.0 Å². The van der Waals surface area contributed by atoms with Crippen molar-refractivity contribution in [3.8, 4) is 11.4 Å². The van der Waals surface area contributed by atoms with Gasteiger partial charge in [-0.05, 0) is 49.6 Å². The Hall–Kier alpha value is -2.51. The minimum atomic E-state index is -0.444. The molecule has 134 valence electrons. The van der Waals surface area contributed by atoms with Gasteiger partial charge in [-0.3, -0.25) is 0 Å². The molecule has 2 N–H and O–H groups in total. The van der Waals surface area contributed by atoms with Crippen LogP contribution in [0.2, 0.25) is 5.02 Å². The Morgan fingerprint density at radius 3 is 2.69 bits per heavy atom. The van der Waals surface area contributed by atoms with E-state index in [2.05, 4.69) is 20.8 Å². The molecule has 3 rings (SSSR count). The van der Waals surface area contributed by atoms with Crippen LogP contribution in [0.5, 0.6) is 0 Å². The largest absolute Gasteiger partial charge is 0.337 e. The van der Waals surface area contributed by atoms with Crippen LogP contribution in [0, 0.1) is 0 Å². The molecular weight excluding hydrogens is 372 g/mol. The van der Waals surface area contributed by atoms with Crippen molar-refractivity contribution < 1.29 is 9.32 Å². The third-order valence-corrected chi connectivity index (χ3v) is 4.57. The number of carbonyl (C=O) groups is 1. The van der Waals surface area contributed by atoms with Gasteiger partial charge in [0.1, 0.15) is 6.04 Å². The van der Waals surface area contributed by atoms with Crippen LogP contribution < -0.4 is 10.6 Å². The first kappa shape index (κ1) is 18.3. The molecule has 0 saturated carbocycles. The maximum Gasteiger partial charge on any atom is 0.319 e. The normalized spacial score (nSPS) is 11.8. The second-order valence-corrected chi connectivity index (χ2v) is 6.83. The summed E-state index contributed by atoms with van der Waals surface area (Å²) in [6.07, 6.45) is 2.00. The summed E-state index contributed by atoms with van der Waals surface area (Å²) in [5.41, 5.74) is 1.45. The van der Waals surface area contributed by atoms with Crippen molar-refractivity contribution in [2.24, 2.45) is 0 Å². The van der Waals surface area contributed by atoms with Crippen molar-refractivity contribution in [1.29, 1.82) is 0 Å². The van der Waals surface area contributed by atoms with Crippen LogP contribution in [0.3, 0.4) is 0 Å². The summed E-state index contributed by atoms with van der Waals surface area (Å²) in [6, 6.07) is 14.0. The molecule has 1 heterocycles. The zero-order chi connectivity index (χ0) is 18.5.